The highest BCUT2D eigenvalue weighted by molar-refractivity contribution is 7.91. The molecule has 6 heteroatoms. The van der Waals surface area contributed by atoms with E-state index in [1.807, 2.05) is 31.2 Å². The van der Waals surface area contributed by atoms with Crippen molar-refractivity contribution in [2.75, 3.05) is 26.9 Å². The van der Waals surface area contributed by atoms with Crippen LogP contribution < -0.4 is 4.48 Å². The number of unbranched alkanes of at least 4 members (excludes halogenated alkanes) is 1. The van der Waals surface area contributed by atoms with Crippen molar-refractivity contribution in [1.82, 2.24) is 4.48 Å². The average Bonchev–Trinajstić information content (AvgIpc) is 2.77. The minimum Gasteiger partial charge on any atom is -0.392 e. The molecule has 1 aliphatic rings. The minimum atomic E-state index is -3.68. The molecule has 0 aliphatic carbocycles. The molecule has 0 amide bonds. The maximum absolute atomic E-state index is 14.3. The van der Waals surface area contributed by atoms with Gasteiger partial charge in [-0.2, -0.15) is 0 Å². The van der Waals surface area contributed by atoms with Crippen molar-refractivity contribution >= 4 is 15.5 Å². The smallest absolute Gasteiger partial charge is 0.179 e. The Kier molecular flexibility index (Phi) is 6.66. The maximum Gasteiger partial charge on any atom is 0.179 e. The van der Waals surface area contributed by atoms with Crippen LogP contribution in [0.25, 0.3) is 0 Å². The van der Waals surface area contributed by atoms with Crippen molar-refractivity contribution in [3.05, 3.63) is 59.4 Å². The van der Waals surface area contributed by atoms with Gasteiger partial charge in [0.25, 0.3) is 0 Å². The lowest BCUT2D eigenvalue weighted by Crippen LogP contribution is -2.42. The minimum absolute atomic E-state index is 0.121. The van der Waals surface area contributed by atoms with Crippen molar-refractivity contribution in [2.45, 2.75) is 56.4 Å². The summed E-state index contributed by atoms with van der Waals surface area (Å²) >= 11 is 0. The summed E-state index contributed by atoms with van der Waals surface area (Å²) in [5.74, 6) is -1.22. The molecule has 31 heavy (non-hydrogen) atoms. The van der Waals surface area contributed by atoms with Crippen LogP contribution in [0.4, 0.5) is 10.1 Å². The molecule has 1 N–H and O–H groups in total. The fourth-order valence-electron chi connectivity index (χ4n) is 4.84. The highest BCUT2D eigenvalue weighted by Crippen LogP contribution is 2.49. The first-order chi connectivity index (χ1) is 14.4. The van der Waals surface area contributed by atoms with Crippen molar-refractivity contribution in [1.29, 1.82) is 0 Å². The predicted molar refractivity (Wildman–Crippen MR) is 125 cm³/mol. The SMILES string of the molecule is CCCCC1(CC)CS(=O)(=O)c2ccc(F)cc2[C@@H](c2ccc([N+](C)(C)C)cc2)[C@H]1O. The number of hydrogen-bond acceptors (Lipinski definition) is 3. The molecule has 1 heterocycles. The lowest BCUT2D eigenvalue weighted by atomic mass is 9.69. The lowest BCUT2D eigenvalue weighted by Gasteiger charge is -2.39. The summed E-state index contributed by atoms with van der Waals surface area (Å²) in [6.45, 7) is 4.01. The van der Waals surface area contributed by atoms with Crippen LogP contribution in [-0.2, 0) is 9.84 Å². The first kappa shape index (κ1) is 23.9. The van der Waals surface area contributed by atoms with Crippen molar-refractivity contribution < 1.29 is 17.9 Å². The number of fused-ring (bicyclic) bond motifs is 1. The Morgan fingerprint density at radius 3 is 2.29 bits per heavy atom. The van der Waals surface area contributed by atoms with Gasteiger partial charge in [0.1, 0.15) is 11.5 Å². The zero-order valence-corrected chi connectivity index (χ0v) is 20.0. The van der Waals surface area contributed by atoms with E-state index in [2.05, 4.69) is 28.1 Å². The number of rotatable bonds is 6. The normalized spacial score (nSPS) is 25.6. The summed E-state index contributed by atoms with van der Waals surface area (Å²) in [6.07, 6.45) is 1.97. The third-order valence-corrected chi connectivity index (χ3v) is 8.82. The number of nitrogens with zero attached hydrogens (tertiary/aromatic N) is 1. The van der Waals surface area contributed by atoms with Gasteiger partial charge in [0, 0.05) is 11.3 Å². The van der Waals surface area contributed by atoms with Gasteiger partial charge in [-0.05, 0) is 54.3 Å². The highest BCUT2D eigenvalue weighted by atomic mass is 32.2. The maximum atomic E-state index is 14.3. The number of benzene rings is 2. The highest BCUT2D eigenvalue weighted by Gasteiger charge is 2.49. The molecule has 0 bridgehead atoms. The second kappa shape index (κ2) is 8.64. The van der Waals surface area contributed by atoms with Crippen LogP contribution in [0, 0.1) is 11.2 Å². The molecule has 0 aromatic heterocycles. The Labute approximate surface area is 186 Å². The number of aliphatic hydroxyl groups excluding tert-OH is 1. The zero-order valence-electron chi connectivity index (χ0n) is 19.2. The van der Waals surface area contributed by atoms with E-state index in [1.165, 1.54) is 18.2 Å². The quantitative estimate of drug-likeness (QED) is 0.506. The summed E-state index contributed by atoms with van der Waals surface area (Å²) in [7, 11) is 2.53. The van der Waals surface area contributed by atoms with Gasteiger partial charge in [-0.3, -0.25) is 4.48 Å². The number of aliphatic hydroxyl groups is 1. The van der Waals surface area contributed by atoms with E-state index in [-0.39, 0.29) is 10.6 Å². The summed E-state index contributed by atoms with van der Waals surface area (Å²) in [6, 6.07) is 11.7. The average molecular weight is 449 g/mol. The molecule has 1 aliphatic heterocycles. The van der Waals surface area contributed by atoms with Crippen LogP contribution in [-0.4, -0.2) is 46.5 Å². The standard InChI is InChI=1S/C25H35FNO3S/c1-6-8-15-25(7-2)17-31(29,30)22-14-11-19(26)16-21(22)23(24(25)28)18-9-12-20(13-10-18)27(3,4)5/h9-14,16,23-24,28H,6-8,15,17H2,1-5H3/q+1/t23-,24-,25?/m1/s1. The van der Waals surface area contributed by atoms with E-state index < -0.39 is 33.1 Å². The number of hydrogen-bond donors (Lipinski definition) is 1. The lowest BCUT2D eigenvalue weighted by molar-refractivity contribution is 0.0173. The van der Waals surface area contributed by atoms with Crippen LogP contribution in [0.1, 0.15) is 56.6 Å². The van der Waals surface area contributed by atoms with Gasteiger partial charge in [-0.25, -0.2) is 12.8 Å². The molecule has 1 unspecified atom stereocenters. The fraction of sp³-hybridized carbons (Fsp3) is 0.520. The molecular weight excluding hydrogens is 413 g/mol. The van der Waals surface area contributed by atoms with Gasteiger partial charge in [0.05, 0.1) is 37.9 Å². The molecule has 2 aromatic rings. The van der Waals surface area contributed by atoms with Gasteiger partial charge >= 0.3 is 0 Å². The molecule has 3 atom stereocenters. The van der Waals surface area contributed by atoms with E-state index in [4.69, 9.17) is 0 Å². The second-order valence-corrected chi connectivity index (χ2v) is 11.7. The largest absolute Gasteiger partial charge is 0.392 e. The van der Waals surface area contributed by atoms with Crippen molar-refractivity contribution in [3.63, 3.8) is 0 Å². The van der Waals surface area contributed by atoms with E-state index in [9.17, 15) is 17.9 Å². The predicted octanol–water partition coefficient (Wildman–Crippen LogP) is 4.89. The number of halogens is 1. The van der Waals surface area contributed by atoms with Crippen molar-refractivity contribution in [3.8, 4) is 0 Å². The molecule has 0 saturated heterocycles. The first-order valence-corrected chi connectivity index (χ1v) is 12.7. The van der Waals surface area contributed by atoms with Gasteiger partial charge in [-0.15, -0.1) is 0 Å². The molecule has 4 nitrogen and oxygen atoms in total. The van der Waals surface area contributed by atoms with Crippen LogP contribution >= 0.6 is 0 Å². The Morgan fingerprint density at radius 1 is 1.10 bits per heavy atom. The summed E-state index contributed by atoms with van der Waals surface area (Å²) in [4.78, 5) is 0.139. The number of sulfone groups is 1. The van der Waals surface area contributed by atoms with Crippen LogP contribution in [0.2, 0.25) is 0 Å². The molecule has 2 aromatic carbocycles. The Bertz CT molecular complexity index is 1030. The van der Waals surface area contributed by atoms with E-state index in [0.29, 0.717) is 22.9 Å². The van der Waals surface area contributed by atoms with E-state index >= 15 is 0 Å². The molecule has 0 fully saturated rings. The first-order valence-electron chi connectivity index (χ1n) is 11.1. The molecule has 170 valence electrons. The Hall–Kier alpha value is -1.76. The van der Waals surface area contributed by atoms with E-state index in [0.717, 1.165) is 24.1 Å². The molecule has 0 saturated carbocycles. The van der Waals surface area contributed by atoms with Crippen LogP contribution in [0.15, 0.2) is 47.4 Å². The van der Waals surface area contributed by atoms with Gasteiger partial charge < -0.3 is 5.11 Å². The summed E-state index contributed by atoms with van der Waals surface area (Å²) in [5.41, 5.74) is 1.47. The molecular formula is C25H35FNO3S+. The van der Waals surface area contributed by atoms with Crippen LogP contribution in [0.5, 0.6) is 0 Å². The van der Waals surface area contributed by atoms with E-state index in [1.54, 1.807) is 0 Å². The van der Waals surface area contributed by atoms with Gasteiger partial charge in [0.2, 0.25) is 0 Å². The topological polar surface area (TPSA) is 54.4 Å². The van der Waals surface area contributed by atoms with Crippen LogP contribution in [0.3, 0.4) is 0 Å². The molecule has 0 spiro atoms. The van der Waals surface area contributed by atoms with Gasteiger partial charge in [0.15, 0.2) is 9.84 Å². The van der Waals surface area contributed by atoms with Gasteiger partial charge in [-0.1, -0.05) is 38.8 Å². The fourth-order valence-corrected chi connectivity index (χ4v) is 7.09. The third kappa shape index (κ3) is 4.57. The number of quaternary nitrogens is 1. The molecule has 3 rings (SSSR count). The third-order valence-electron chi connectivity index (χ3n) is 6.82. The summed E-state index contributed by atoms with van der Waals surface area (Å²) < 4.78 is 41.8. The molecule has 0 radical (unpaired) electrons. The Morgan fingerprint density at radius 2 is 1.74 bits per heavy atom. The zero-order chi connectivity index (χ0) is 23.0. The summed E-state index contributed by atoms with van der Waals surface area (Å²) in [5, 5.41) is 11.7. The second-order valence-electron chi connectivity index (χ2n) is 9.79. The Balaban J connectivity index is 2.25. The van der Waals surface area contributed by atoms with Crippen molar-refractivity contribution in [2.24, 2.45) is 5.41 Å². The monoisotopic (exact) mass is 448 g/mol.